The molecule has 4 aromatic rings. The fourth-order valence-electron chi connectivity index (χ4n) is 3.51. The lowest BCUT2D eigenvalue weighted by Crippen LogP contribution is -2.29. The molecule has 1 aromatic heterocycles. The van der Waals surface area contributed by atoms with Crippen molar-refractivity contribution in [3.8, 4) is 23.0 Å². The minimum Gasteiger partial charge on any atom is -0.473 e. The van der Waals surface area contributed by atoms with E-state index in [1.165, 1.54) is 12.1 Å². The molecule has 0 fully saturated rings. The SMILES string of the molecule is COC(=O)c1ccc(Oc2c(C(F)(F)F)oc3cc(OC(=O)C(C)Oc4c(F)c(F)c(F)c(F)c4F)ccc3c2=O)cc1. The molecule has 1 heterocycles. The van der Waals surface area contributed by atoms with E-state index in [4.69, 9.17) is 13.9 Å². The summed E-state index contributed by atoms with van der Waals surface area (Å²) in [5.41, 5.74) is -1.97. The van der Waals surface area contributed by atoms with Crippen LogP contribution in [0.5, 0.6) is 23.0 Å². The predicted molar refractivity (Wildman–Crippen MR) is 127 cm³/mol. The average Bonchev–Trinajstić information content (AvgIpc) is 2.97. The van der Waals surface area contributed by atoms with Crippen LogP contribution < -0.4 is 19.6 Å². The topological polar surface area (TPSA) is 101 Å². The summed E-state index contributed by atoms with van der Waals surface area (Å²) < 4.78 is 133. The summed E-state index contributed by atoms with van der Waals surface area (Å²) in [4.78, 5) is 36.9. The second-order valence-electron chi connectivity index (χ2n) is 8.44. The highest BCUT2D eigenvalue weighted by Gasteiger charge is 2.40. The summed E-state index contributed by atoms with van der Waals surface area (Å²) in [6, 6.07) is 7.10. The van der Waals surface area contributed by atoms with Gasteiger partial charge < -0.3 is 23.4 Å². The highest BCUT2D eigenvalue weighted by atomic mass is 19.4. The molecule has 0 spiro atoms. The molecule has 1 unspecified atom stereocenters. The molecule has 0 bridgehead atoms. The van der Waals surface area contributed by atoms with Crippen LogP contribution in [0.2, 0.25) is 0 Å². The molecule has 0 aliphatic rings. The van der Waals surface area contributed by atoms with Crippen LogP contribution in [0.3, 0.4) is 0 Å². The fourth-order valence-corrected chi connectivity index (χ4v) is 3.51. The third-order valence-electron chi connectivity index (χ3n) is 5.59. The van der Waals surface area contributed by atoms with E-state index in [-0.39, 0.29) is 11.3 Å². The lowest BCUT2D eigenvalue weighted by molar-refractivity contribution is -0.154. The molecule has 16 heteroatoms. The molecule has 0 N–H and O–H groups in total. The fraction of sp³-hybridized carbons (Fsp3) is 0.148. The Hall–Kier alpha value is -5.15. The van der Waals surface area contributed by atoms with Gasteiger partial charge in [0.15, 0.2) is 11.9 Å². The number of benzene rings is 3. The first-order valence-electron chi connectivity index (χ1n) is 11.6. The molecule has 0 radical (unpaired) electrons. The van der Waals surface area contributed by atoms with Crippen molar-refractivity contribution < 1.29 is 68.1 Å². The zero-order chi connectivity index (χ0) is 31.8. The van der Waals surface area contributed by atoms with Crippen molar-refractivity contribution in [2.75, 3.05) is 7.11 Å². The Morgan fingerprint density at radius 1 is 0.814 bits per heavy atom. The van der Waals surface area contributed by atoms with E-state index >= 15 is 0 Å². The Kier molecular flexibility index (Phi) is 8.32. The highest BCUT2D eigenvalue weighted by Crippen LogP contribution is 2.39. The number of fused-ring (bicyclic) bond motifs is 1. The Morgan fingerprint density at radius 2 is 1.37 bits per heavy atom. The Morgan fingerprint density at radius 3 is 1.93 bits per heavy atom. The van der Waals surface area contributed by atoms with Crippen LogP contribution in [-0.2, 0) is 15.7 Å². The van der Waals surface area contributed by atoms with Crippen molar-refractivity contribution in [3.63, 3.8) is 0 Å². The van der Waals surface area contributed by atoms with Gasteiger partial charge in [-0.05, 0) is 43.3 Å². The minimum atomic E-state index is -5.27. The number of esters is 2. The van der Waals surface area contributed by atoms with E-state index in [1.807, 2.05) is 0 Å². The van der Waals surface area contributed by atoms with Crippen molar-refractivity contribution in [2.24, 2.45) is 0 Å². The van der Waals surface area contributed by atoms with E-state index in [2.05, 4.69) is 9.47 Å². The standard InChI is InChI=1S/C27H14F8O8/c1-10(40-22-19(31)17(29)16(28)18(30)20(22)32)25(37)42-13-7-8-14-15(9-13)43-24(27(33,34)35)23(21(14)36)41-12-5-3-11(4-6-12)26(38)39-2/h3-10H,1-2H3. The molecule has 43 heavy (non-hydrogen) atoms. The summed E-state index contributed by atoms with van der Waals surface area (Å²) in [6.07, 6.45) is -7.26. The lowest BCUT2D eigenvalue weighted by Gasteiger charge is -2.16. The number of carbonyl (C=O) groups excluding carboxylic acids is 2. The summed E-state index contributed by atoms with van der Waals surface area (Å²) in [7, 11) is 1.12. The van der Waals surface area contributed by atoms with Crippen LogP contribution >= 0.6 is 0 Å². The molecule has 0 aliphatic heterocycles. The van der Waals surface area contributed by atoms with E-state index in [0.717, 1.165) is 38.3 Å². The molecule has 0 amide bonds. The molecule has 8 nitrogen and oxygen atoms in total. The Labute approximate surface area is 233 Å². The van der Waals surface area contributed by atoms with Crippen LogP contribution in [0.15, 0.2) is 51.7 Å². The second kappa shape index (κ2) is 11.6. The minimum absolute atomic E-state index is 0.0468. The molecule has 0 saturated carbocycles. The van der Waals surface area contributed by atoms with Gasteiger partial charge in [-0.2, -0.15) is 22.0 Å². The average molecular weight is 618 g/mol. The van der Waals surface area contributed by atoms with Crippen molar-refractivity contribution in [1.29, 1.82) is 0 Å². The summed E-state index contributed by atoms with van der Waals surface area (Å²) in [5.74, 6) is -19.8. The van der Waals surface area contributed by atoms with Gasteiger partial charge in [0.1, 0.15) is 17.1 Å². The number of carbonyl (C=O) groups is 2. The Balaban J connectivity index is 1.63. The number of halogens is 8. The van der Waals surface area contributed by atoms with E-state index in [9.17, 15) is 49.5 Å². The molecule has 0 saturated heterocycles. The van der Waals surface area contributed by atoms with Crippen molar-refractivity contribution in [1.82, 2.24) is 0 Å². The van der Waals surface area contributed by atoms with E-state index < -0.39 is 92.7 Å². The third kappa shape index (κ3) is 6.07. The van der Waals surface area contributed by atoms with E-state index in [0.29, 0.717) is 6.07 Å². The smallest absolute Gasteiger partial charge is 0.453 e. The van der Waals surface area contributed by atoms with Gasteiger partial charge in [-0.25, -0.2) is 22.8 Å². The van der Waals surface area contributed by atoms with Crippen LogP contribution in [0.1, 0.15) is 23.0 Å². The first-order chi connectivity index (χ1) is 20.1. The van der Waals surface area contributed by atoms with Crippen molar-refractivity contribution in [3.05, 3.63) is 93.1 Å². The molecule has 0 aliphatic carbocycles. The predicted octanol–water partition coefficient (Wildman–Crippen LogP) is 6.46. The molecule has 226 valence electrons. The zero-order valence-corrected chi connectivity index (χ0v) is 21.4. The van der Waals surface area contributed by atoms with Crippen LogP contribution in [0.4, 0.5) is 35.1 Å². The number of hydrogen-bond donors (Lipinski definition) is 0. The quantitative estimate of drug-likeness (QED) is 0.0765. The van der Waals surface area contributed by atoms with Gasteiger partial charge in [-0.15, -0.1) is 0 Å². The monoisotopic (exact) mass is 618 g/mol. The van der Waals surface area contributed by atoms with E-state index in [1.54, 1.807) is 0 Å². The maximum Gasteiger partial charge on any atom is 0.453 e. The summed E-state index contributed by atoms with van der Waals surface area (Å²) in [5, 5.41) is -0.459. The van der Waals surface area contributed by atoms with Crippen molar-refractivity contribution >= 4 is 22.9 Å². The Bertz CT molecular complexity index is 1770. The molecule has 1 atom stereocenters. The number of ether oxygens (including phenoxy) is 4. The normalized spacial score (nSPS) is 12.1. The number of methoxy groups -OCH3 is 1. The summed E-state index contributed by atoms with van der Waals surface area (Å²) >= 11 is 0. The maximum atomic E-state index is 13.9. The van der Waals surface area contributed by atoms with Gasteiger partial charge in [0.2, 0.25) is 40.3 Å². The molecule has 4 rings (SSSR count). The van der Waals surface area contributed by atoms with Crippen molar-refractivity contribution in [2.45, 2.75) is 19.2 Å². The number of rotatable bonds is 7. The van der Waals surface area contributed by atoms with Crippen LogP contribution in [-0.4, -0.2) is 25.2 Å². The van der Waals surface area contributed by atoms with Crippen LogP contribution in [0.25, 0.3) is 11.0 Å². The third-order valence-corrected chi connectivity index (χ3v) is 5.59. The lowest BCUT2D eigenvalue weighted by atomic mass is 10.2. The van der Waals surface area contributed by atoms with Gasteiger partial charge in [0, 0.05) is 6.07 Å². The largest absolute Gasteiger partial charge is 0.473 e. The second-order valence-corrected chi connectivity index (χ2v) is 8.44. The van der Waals surface area contributed by atoms with Gasteiger partial charge in [0.05, 0.1) is 18.1 Å². The van der Waals surface area contributed by atoms with Gasteiger partial charge in [-0.1, -0.05) is 0 Å². The zero-order valence-electron chi connectivity index (χ0n) is 21.4. The highest BCUT2D eigenvalue weighted by molar-refractivity contribution is 5.89. The van der Waals surface area contributed by atoms with Gasteiger partial charge in [-0.3, -0.25) is 4.79 Å². The molecular weight excluding hydrogens is 604 g/mol. The first-order valence-corrected chi connectivity index (χ1v) is 11.6. The molecular formula is C27H14F8O8. The number of alkyl halides is 3. The first kappa shape index (κ1) is 30.8. The summed E-state index contributed by atoms with van der Waals surface area (Å²) in [6.45, 7) is 0.824. The van der Waals surface area contributed by atoms with Crippen LogP contribution in [0, 0.1) is 29.1 Å². The number of hydrogen-bond acceptors (Lipinski definition) is 8. The van der Waals surface area contributed by atoms with Gasteiger partial charge in [0.25, 0.3) is 5.76 Å². The van der Waals surface area contributed by atoms with Gasteiger partial charge >= 0.3 is 18.1 Å². The molecule has 3 aromatic carbocycles. The maximum absolute atomic E-state index is 13.9.